The van der Waals surface area contributed by atoms with E-state index in [0.29, 0.717) is 12.1 Å². The molecule has 17 heavy (non-hydrogen) atoms. The second kappa shape index (κ2) is 4.47. The molecule has 0 spiro atoms. The van der Waals surface area contributed by atoms with Gasteiger partial charge in [0.25, 0.3) is 0 Å². The SMILES string of the molecule is CC1(O)CCN(Cc2ccc(C(=O)O)cc2)C1. The number of carboxylic acids is 1. The van der Waals surface area contributed by atoms with Crippen LogP contribution in [0.15, 0.2) is 24.3 Å². The van der Waals surface area contributed by atoms with E-state index in [2.05, 4.69) is 4.90 Å². The molecule has 2 rings (SSSR count). The smallest absolute Gasteiger partial charge is 0.335 e. The number of hydrogen-bond acceptors (Lipinski definition) is 3. The van der Waals surface area contributed by atoms with Gasteiger partial charge in [-0.3, -0.25) is 4.90 Å². The van der Waals surface area contributed by atoms with Gasteiger partial charge < -0.3 is 10.2 Å². The zero-order chi connectivity index (χ0) is 12.5. The first-order valence-corrected chi connectivity index (χ1v) is 5.73. The molecule has 1 heterocycles. The van der Waals surface area contributed by atoms with Crippen LogP contribution < -0.4 is 0 Å². The predicted molar refractivity (Wildman–Crippen MR) is 63.9 cm³/mol. The lowest BCUT2D eigenvalue weighted by molar-refractivity contribution is 0.0677. The van der Waals surface area contributed by atoms with Crippen LogP contribution in [0.4, 0.5) is 0 Å². The van der Waals surface area contributed by atoms with Crippen molar-refractivity contribution < 1.29 is 15.0 Å². The lowest BCUT2D eigenvalue weighted by Gasteiger charge is -2.18. The van der Waals surface area contributed by atoms with Crippen molar-refractivity contribution in [3.63, 3.8) is 0 Å². The van der Waals surface area contributed by atoms with Gasteiger partial charge in [-0.05, 0) is 31.0 Å². The second-order valence-electron chi connectivity index (χ2n) is 4.96. The Kier molecular flexibility index (Phi) is 3.17. The predicted octanol–water partition coefficient (Wildman–Crippen LogP) is 1.34. The van der Waals surface area contributed by atoms with E-state index in [-0.39, 0.29) is 0 Å². The highest BCUT2D eigenvalue weighted by atomic mass is 16.4. The van der Waals surface area contributed by atoms with Crippen LogP contribution in [0.1, 0.15) is 29.3 Å². The maximum atomic E-state index is 10.7. The van der Waals surface area contributed by atoms with E-state index in [0.717, 1.165) is 25.1 Å². The number of carbonyl (C=O) groups is 1. The molecule has 0 aromatic heterocycles. The third-order valence-corrected chi connectivity index (χ3v) is 3.14. The first kappa shape index (κ1) is 12.1. The Bertz CT molecular complexity index is 411. The first-order chi connectivity index (χ1) is 7.96. The van der Waals surface area contributed by atoms with Gasteiger partial charge in [0.2, 0.25) is 0 Å². The van der Waals surface area contributed by atoms with Crippen molar-refractivity contribution in [2.24, 2.45) is 0 Å². The Morgan fingerprint density at radius 3 is 2.53 bits per heavy atom. The topological polar surface area (TPSA) is 60.8 Å². The molecule has 1 saturated heterocycles. The summed E-state index contributed by atoms with van der Waals surface area (Å²) in [6.07, 6.45) is 0.792. The van der Waals surface area contributed by atoms with Crippen LogP contribution in [0.5, 0.6) is 0 Å². The van der Waals surface area contributed by atoms with Gasteiger partial charge in [-0.1, -0.05) is 12.1 Å². The number of aromatic carboxylic acids is 1. The summed E-state index contributed by atoms with van der Waals surface area (Å²) in [5.74, 6) is -0.902. The Hall–Kier alpha value is -1.39. The summed E-state index contributed by atoms with van der Waals surface area (Å²) < 4.78 is 0. The van der Waals surface area contributed by atoms with Gasteiger partial charge in [0.1, 0.15) is 0 Å². The molecular formula is C13H17NO3. The fourth-order valence-corrected chi connectivity index (χ4v) is 2.18. The van der Waals surface area contributed by atoms with Gasteiger partial charge in [0.05, 0.1) is 11.2 Å². The summed E-state index contributed by atoms with van der Waals surface area (Å²) in [7, 11) is 0. The summed E-state index contributed by atoms with van der Waals surface area (Å²) in [4.78, 5) is 12.9. The molecular weight excluding hydrogens is 218 g/mol. The van der Waals surface area contributed by atoms with Crippen molar-refractivity contribution >= 4 is 5.97 Å². The van der Waals surface area contributed by atoms with E-state index in [4.69, 9.17) is 5.11 Å². The number of nitrogens with zero attached hydrogens (tertiary/aromatic N) is 1. The number of hydrogen-bond donors (Lipinski definition) is 2. The van der Waals surface area contributed by atoms with E-state index in [1.54, 1.807) is 12.1 Å². The van der Waals surface area contributed by atoms with E-state index >= 15 is 0 Å². The van der Waals surface area contributed by atoms with Gasteiger partial charge in [0, 0.05) is 19.6 Å². The van der Waals surface area contributed by atoms with Crippen molar-refractivity contribution in [3.05, 3.63) is 35.4 Å². The Balaban J connectivity index is 1.98. The third kappa shape index (κ3) is 3.05. The highest BCUT2D eigenvalue weighted by Crippen LogP contribution is 2.22. The minimum Gasteiger partial charge on any atom is -0.478 e. The molecule has 0 saturated carbocycles. The lowest BCUT2D eigenvalue weighted by atomic mass is 10.1. The Morgan fingerprint density at radius 1 is 1.41 bits per heavy atom. The fourth-order valence-electron chi connectivity index (χ4n) is 2.18. The monoisotopic (exact) mass is 235 g/mol. The molecule has 92 valence electrons. The summed E-state index contributed by atoms with van der Waals surface area (Å²) in [6.45, 7) is 4.16. The molecule has 1 aromatic carbocycles. The minimum atomic E-state index is -0.902. The van der Waals surface area contributed by atoms with Crippen LogP contribution in [0.25, 0.3) is 0 Å². The van der Waals surface area contributed by atoms with Crippen molar-refractivity contribution in [2.45, 2.75) is 25.5 Å². The van der Waals surface area contributed by atoms with Crippen molar-refractivity contribution in [1.29, 1.82) is 0 Å². The first-order valence-electron chi connectivity index (χ1n) is 5.73. The molecule has 1 aliphatic heterocycles. The summed E-state index contributed by atoms with van der Waals surface area (Å²) in [6, 6.07) is 6.89. The minimum absolute atomic E-state index is 0.308. The van der Waals surface area contributed by atoms with Crippen LogP contribution >= 0.6 is 0 Å². The zero-order valence-corrected chi connectivity index (χ0v) is 9.89. The van der Waals surface area contributed by atoms with Gasteiger partial charge in [-0.25, -0.2) is 4.79 Å². The number of carboxylic acid groups (broad SMARTS) is 1. The molecule has 0 aliphatic carbocycles. The van der Waals surface area contributed by atoms with Crippen LogP contribution in [0.3, 0.4) is 0 Å². The standard InChI is InChI=1S/C13H17NO3/c1-13(17)6-7-14(9-13)8-10-2-4-11(5-3-10)12(15)16/h2-5,17H,6-9H2,1H3,(H,15,16). The van der Waals surface area contributed by atoms with E-state index in [9.17, 15) is 9.90 Å². The number of aliphatic hydroxyl groups is 1. The molecule has 1 aliphatic rings. The van der Waals surface area contributed by atoms with Crippen molar-refractivity contribution in [3.8, 4) is 0 Å². The second-order valence-corrected chi connectivity index (χ2v) is 4.96. The number of likely N-dealkylation sites (tertiary alicyclic amines) is 1. The number of benzene rings is 1. The molecule has 2 N–H and O–H groups in total. The van der Waals surface area contributed by atoms with Crippen LogP contribution in [-0.4, -0.2) is 39.8 Å². The van der Waals surface area contributed by atoms with Gasteiger partial charge >= 0.3 is 5.97 Å². The molecule has 1 atom stereocenters. The molecule has 4 heteroatoms. The maximum absolute atomic E-state index is 10.7. The maximum Gasteiger partial charge on any atom is 0.335 e. The number of rotatable bonds is 3. The van der Waals surface area contributed by atoms with Crippen LogP contribution in [0.2, 0.25) is 0 Å². The quantitative estimate of drug-likeness (QED) is 0.830. The Morgan fingerprint density at radius 2 is 2.06 bits per heavy atom. The molecule has 1 unspecified atom stereocenters. The Labute approximate surface area is 100 Å². The van der Waals surface area contributed by atoms with Crippen molar-refractivity contribution in [1.82, 2.24) is 4.90 Å². The lowest BCUT2D eigenvalue weighted by Crippen LogP contribution is -2.29. The van der Waals surface area contributed by atoms with Crippen molar-refractivity contribution in [2.75, 3.05) is 13.1 Å². The molecule has 1 fully saturated rings. The van der Waals surface area contributed by atoms with E-state index in [1.807, 2.05) is 19.1 Å². The number of β-amino-alcohol motifs (C(OH)–C–C–N with tert-alkyl or cyclic N) is 1. The zero-order valence-electron chi connectivity index (χ0n) is 9.89. The average Bonchev–Trinajstić information content (AvgIpc) is 2.59. The highest BCUT2D eigenvalue weighted by molar-refractivity contribution is 5.87. The molecule has 0 bridgehead atoms. The van der Waals surface area contributed by atoms with E-state index < -0.39 is 11.6 Å². The van der Waals surface area contributed by atoms with Gasteiger partial charge in [0.15, 0.2) is 0 Å². The summed E-state index contributed by atoms with van der Waals surface area (Å²) in [5, 5.41) is 18.6. The molecule has 0 radical (unpaired) electrons. The van der Waals surface area contributed by atoms with Gasteiger partial charge in [-0.15, -0.1) is 0 Å². The average molecular weight is 235 g/mol. The normalized spacial score (nSPS) is 25.1. The molecule has 0 amide bonds. The largest absolute Gasteiger partial charge is 0.478 e. The molecule has 1 aromatic rings. The van der Waals surface area contributed by atoms with E-state index in [1.165, 1.54) is 0 Å². The van der Waals surface area contributed by atoms with Crippen LogP contribution in [-0.2, 0) is 6.54 Å². The molecule has 4 nitrogen and oxygen atoms in total. The third-order valence-electron chi connectivity index (χ3n) is 3.14. The summed E-state index contributed by atoms with van der Waals surface area (Å²) >= 11 is 0. The summed E-state index contributed by atoms with van der Waals surface area (Å²) in [5.41, 5.74) is 0.802. The highest BCUT2D eigenvalue weighted by Gasteiger charge is 2.30. The fraction of sp³-hybridized carbons (Fsp3) is 0.462. The van der Waals surface area contributed by atoms with Crippen LogP contribution in [0, 0.1) is 0 Å². The van der Waals surface area contributed by atoms with Gasteiger partial charge in [-0.2, -0.15) is 0 Å².